The van der Waals surface area contributed by atoms with Crippen molar-refractivity contribution in [3.05, 3.63) is 24.3 Å². The van der Waals surface area contributed by atoms with Crippen LogP contribution in [0.5, 0.6) is 5.75 Å². The number of carbonyl (C=O) groups excluding carboxylic acids is 1. The second kappa shape index (κ2) is 8.55. The van der Waals surface area contributed by atoms with E-state index in [2.05, 4.69) is 4.72 Å². The van der Waals surface area contributed by atoms with Crippen LogP contribution in [-0.4, -0.2) is 64.5 Å². The van der Waals surface area contributed by atoms with Crippen molar-refractivity contribution in [3.8, 4) is 5.75 Å². The van der Waals surface area contributed by atoms with Crippen molar-refractivity contribution in [2.24, 2.45) is 0 Å². The Labute approximate surface area is 159 Å². The van der Waals surface area contributed by atoms with Crippen molar-refractivity contribution in [1.82, 2.24) is 9.62 Å². The number of amides is 1. The van der Waals surface area contributed by atoms with Crippen LogP contribution in [0, 0.1) is 0 Å². The quantitative estimate of drug-likeness (QED) is 0.740. The van der Waals surface area contributed by atoms with Crippen LogP contribution in [0.25, 0.3) is 0 Å². The average molecular weight is 398 g/mol. The third-order valence-electron chi connectivity index (χ3n) is 4.77. The van der Waals surface area contributed by atoms with Crippen LogP contribution in [0.3, 0.4) is 0 Å². The van der Waals surface area contributed by atoms with E-state index in [9.17, 15) is 13.2 Å². The molecule has 0 unspecified atom stereocenters. The van der Waals surface area contributed by atoms with Crippen molar-refractivity contribution in [2.75, 3.05) is 39.5 Å². The van der Waals surface area contributed by atoms with E-state index in [-0.39, 0.29) is 23.8 Å². The topological polar surface area (TPSA) is 94.2 Å². The van der Waals surface area contributed by atoms with Crippen molar-refractivity contribution < 1.29 is 27.4 Å². The maximum Gasteiger partial charge on any atom is 0.240 e. The number of likely N-dealkylation sites (tertiary alicyclic amines) is 1. The van der Waals surface area contributed by atoms with Crippen LogP contribution < -0.4 is 9.46 Å². The van der Waals surface area contributed by atoms with Crippen LogP contribution in [0.1, 0.15) is 26.2 Å². The lowest BCUT2D eigenvalue weighted by Crippen LogP contribution is -2.47. The van der Waals surface area contributed by atoms with E-state index in [1.54, 1.807) is 17.0 Å². The van der Waals surface area contributed by atoms with Gasteiger partial charge in [0.2, 0.25) is 15.9 Å². The van der Waals surface area contributed by atoms with E-state index in [4.69, 9.17) is 14.2 Å². The molecule has 2 heterocycles. The predicted octanol–water partition coefficient (Wildman–Crippen LogP) is 1.12. The fourth-order valence-corrected chi connectivity index (χ4v) is 4.33. The van der Waals surface area contributed by atoms with Crippen molar-refractivity contribution >= 4 is 15.9 Å². The van der Waals surface area contributed by atoms with E-state index >= 15 is 0 Å². The summed E-state index contributed by atoms with van der Waals surface area (Å²) in [5, 5.41) is 0. The molecule has 2 aliphatic heterocycles. The minimum absolute atomic E-state index is 0.0586. The van der Waals surface area contributed by atoms with Gasteiger partial charge in [-0.1, -0.05) is 0 Å². The molecule has 8 nitrogen and oxygen atoms in total. The molecule has 0 radical (unpaired) electrons. The Hall–Kier alpha value is -1.68. The number of ether oxygens (including phenoxy) is 3. The van der Waals surface area contributed by atoms with E-state index in [0.717, 1.165) is 0 Å². The molecule has 1 spiro atoms. The Morgan fingerprint density at radius 1 is 1.19 bits per heavy atom. The number of sulfonamides is 1. The molecule has 150 valence electrons. The molecule has 0 aliphatic carbocycles. The van der Waals surface area contributed by atoms with Crippen LogP contribution in [0.15, 0.2) is 29.2 Å². The summed E-state index contributed by atoms with van der Waals surface area (Å²) >= 11 is 0. The largest absolute Gasteiger partial charge is 0.494 e. The highest BCUT2D eigenvalue weighted by atomic mass is 32.2. The molecule has 1 N–H and O–H groups in total. The van der Waals surface area contributed by atoms with Gasteiger partial charge in [0.1, 0.15) is 5.75 Å². The molecule has 3 rings (SSSR count). The summed E-state index contributed by atoms with van der Waals surface area (Å²) in [6, 6.07) is 6.20. The maximum absolute atomic E-state index is 12.3. The second-order valence-electron chi connectivity index (χ2n) is 6.54. The molecule has 27 heavy (non-hydrogen) atoms. The first-order valence-electron chi connectivity index (χ1n) is 9.22. The highest BCUT2D eigenvalue weighted by molar-refractivity contribution is 7.89. The van der Waals surface area contributed by atoms with Crippen LogP contribution in [0.2, 0.25) is 0 Å². The second-order valence-corrected chi connectivity index (χ2v) is 8.31. The molecule has 1 aromatic carbocycles. The third kappa shape index (κ3) is 4.98. The zero-order valence-electron chi connectivity index (χ0n) is 15.5. The van der Waals surface area contributed by atoms with Gasteiger partial charge in [-0.25, -0.2) is 13.1 Å². The summed E-state index contributed by atoms with van der Waals surface area (Å²) in [5.74, 6) is 0.0217. The minimum Gasteiger partial charge on any atom is -0.494 e. The molecule has 2 aliphatic rings. The minimum atomic E-state index is -3.65. The molecule has 2 saturated heterocycles. The molecule has 0 atom stereocenters. The smallest absolute Gasteiger partial charge is 0.240 e. The fraction of sp³-hybridized carbons (Fsp3) is 0.611. The van der Waals surface area contributed by atoms with Crippen molar-refractivity contribution in [1.29, 1.82) is 0 Å². The molecule has 9 heteroatoms. The summed E-state index contributed by atoms with van der Waals surface area (Å²) < 4.78 is 43.7. The Kier molecular flexibility index (Phi) is 6.36. The van der Waals surface area contributed by atoms with Gasteiger partial charge in [0.05, 0.1) is 24.7 Å². The zero-order valence-corrected chi connectivity index (χ0v) is 16.3. The molecule has 0 bridgehead atoms. The van der Waals surface area contributed by atoms with Crippen molar-refractivity contribution in [3.63, 3.8) is 0 Å². The van der Waals surface area contributed by atoms with Crippen LogP contribution >= 0.6 is 0 Å². The number of nitrogens with zero attached hydrogens (tertiary/aromatic N) is 1. The molecule has 0 aromatic heterocycles. The number of hydrogen-bond donors (Lipinski definition) is 1. The average Bonchev–Trinajstić information content (AvgIpc) is 3.11. The fourth-order valence-electron chi connectivity index (χ4n) is 3.30. The summed E-state index contributed by atoms with van der Waals surface area (Å²) in [5.41, 5.74) is 0. The summed E-state index contributed by atoms with van der Waals surface area (Å²) in [6.07, 6.45) is 1.41. The maximum atomic E-state index is 12.3. The van der Waals surface area contributed by atoms with E-state index < -0.39 is 15.8 Å². The molecule has 0 saturated carbocycles. The normalized spacial score (nSPS) is 19.4. The van der Waals surface area contributed by atoms with Gasteiger partial charge in [-0.05, 0) is 31.2 Å². The van der Waals surface area contributed by atoms with Gasteiger partial charge in [-0.3, -0.25) is 4.79 Å². The summed E-state index contributed by atoms with van der Waals surface area (Å²) in [6.45, 7) is 4.75. The Morgan fingerprint density at radius 3 is 2.41 bits per heavy atom. The number of carbonyl (C=O) groups is 1. The van der Waals surface area contributed by atoms with E-state index in [0.29, 0.717) is 51.5 Å². The first kappa shape index (κ1) is 20.1. The van der Waals surface area contributed by atoms with Gasteiger partial charge >= 0.3 is 0 Å². The number of hydrogen-bond acceptors (Lipinski definition) is 6. The van der Waals surface area contributed by atoms with E-state index in [1.807, 2.05) is 6.92 Å². The Morgan fingerprint density at radius 2 is 1.81 bits per heavy atom. The third-order valence-corrected chi connectivity index (χ3v) is 6.24. The van der Waals surface area contributed by atoms with Gasteiger partial charge < -0.3 is 19.1 Å². The van der Waals surface area contributed by atoms with Gasteiger partial charge in [0.25, 0.3) is 0 Å². The summed E-state index contributed by atoms with van der Waals surface area (Å²) in [7, 11) is -3.65. The summed E-state index contributed by atoms with van der Waals surface area (Å²) in [4.78, 5) is 14.2. The number of rotatable bonds is 7. The van der Waals surface area contributed by atoms with Gasteiger partial charge in [0.15, 0.2) is 5.79 Å². The number of piperidine rings is 1. The van der Waals surface area contributed by atoms with Crippen molar-refractivity contribution in [2.45, 2.75) is 36.9 Å². The lowest BCUT2D eigenvalue weighted by molar-refractivity contribution is -0.187. The Balaban J connectivity index is 1.45. The van der Waals surface area contributed by atoms with Gasteiger partial charge in [0, 0.05) is 38.9 Å². The molecular weight excluding hydrogens is 372 g/mol. The van der Waals surface area contributed by atoms with E-state index in [1.165, 1.54) is 12.1 Å². The monoisotopic (exact) mass is 398 g/mol. The zero-order chi connectivity index (χ0) is 19.3. The lowest BCUT2D eigenvalue weighted by Gasteiger charge is -2.37. The number of benzene rings is 1. The van der Waals surface area contributed by atoms with Gasteiger partial charge in [-0.2, -0.15) is 0 Å². The first-order valence-corrected chi connectivity index (χ1v) is 10.7. The molecule has 1 amide bonds. The SMILES string of the molecule is CCOc1ccc(S(=O)(=O)NCCC(=O)N2CCC3(CC2)OCCO3)cc1. The van der Waals surface area contributed by atoms with Gasteiger partial charge in [-0.15, -0.1) is 0 Å². The molecular formula is C18H26N2O6S. The lowest BCUT2D eigenvalue weighted by atomic mass is 10.0. The molecule has 2 fully saturated rings. The van der Waals surface area contributed by atoms with Crippen LogP contribution in [-0.2, 0) is 24.3 Å². The standard InChI is InChI=1S/C18H26N2O6S/c1-2-24-15-3-5-16(6-4-15)27(22,23)19-10-7-17(21)20-11-8-18(9-12-20)25-13-14-26-18/h3-6,19H,2,7-14H2,1H3. The Bertz CT molecular complexity index is 734. The highest BCUT2D eigenvalue weighted by Crippen LogP contribution is 2.31. The number of nitrogens with one attached hydrogen (secondary N) is 1. The molecule has 1 aromatic rings. The predicted molar refractivity (Wildman–Crippen MR) is 97.9 cm³/mol. The first-order chi connectivity index (χ1) is 12.9. The highest BCUT2D eigenvalue weighted by Gasteiger charge is 2.40. The van der Waals surface area contributed by atoms with Crippen LogP contribution in [0.4, 0.5) is 0 Å².